The molecule has 0 aliphatic carbocycles. The van der Waals surface area contributed by atoms with Crippen LogP contribution in [-0.4, -0.2) is 5.78 Å². The molecule has 0 saturated carbocycles. The number of carbonyl (C=O) groups is 1. The van der Waals surface area contributed by atoms with Gasteiger partial charge >= 0.3 is 29.6 Å². The first-order valence-corrected chi connectivity index (χ1v) is 3.73. The maximum absolute atomic E-state index is 11.3. The van der Waals surface area contributed by atoms with Crippen LogP contribution in [-0.2, 0) is 0 Å². The fourth-order valence-electron chi connectivity index (χ4n) is 0.893. The van der Waals surface area contributed by atoms with Crippen molar-refractivity contribution in [2.45, 2.75) is 6.92 Å². The predicted molar refractivity (Wildman–Crippen MR) is 49.8 cm³/mol. The number of benzene rings is 1. The van der Waals surface area contributed by atoms with Crippen molar-refractivity contribution in [3.05, 3.63) is 47.7 Å². The molecule has 2 nitrogen and oxygen atoms in total. The summed E-state index contributed by atoms with van der Waals surface area (Å²) < 4.78 is 0. The zero-order valence-corrected chi connectivity index (χ0v) is 9.95. The van der Waals surface area contributed by atoms with Gasteiger partial charge < -0.3 is 7.16 Å². The molecule has 0 aliphatic heterocycles. The molecule has 3 heteroatoms. The predicted octanol–water partition coefficient (Wildman–Crippen LogP) is -1.15. The average Bonchev–Trinajstić information content (AvgIpc) is 2.05. The Balaban J connectivity index is 0. The first kappa shape index (κ1) is 12.4. The van der Waals surface area contributed by atoms with E-state index < -0.39 is 0 Å². The van der Waals surface area contributed by atoms with E-state index >= 15 is 0 Å². The second-order valence-corrected chi connectivity index (χ2v) is 2.62. The van der Waals surface area contributed by atoms with Crippen LogP contribution >= 0.6 is 0 Å². The SMILES string of the molecule is CC(N)=CC(=O)c1ccccc1.[H-].[Na+]. The van der Waals surface area contributed by atoms with Gasteiger partial charge in [0.05, 0.1) is 0 Å². The minimum absolute atomic E-state index is 0. The van der Waals surface area contributed by atoms with E-state index in [1.54, 1.807) is 19.1 Å². The van der Waals surface area contributed by atoms with Crippen LogP contribution in [0.2, 0.25) is 0 Å². The van der Waals surface area contributed by atoms with Crippen LogP contribution in [0.25, 0.3) is 0 Å². The van der Waals surface area contributed by atoms with E-state index in [1.807, 2.05) is 18.2 Å². The van der Waals surface area contributed by atoms with Crippen LogP contribution in [0, 0.1) is 0 Å². The van der Waals surface area contributed by atoms with Crippen molar-refractivity contribution in [2.24, 2.45) is 5.73 Å². The van der Waals surface area contributed by atoms with E-state index in [4.69, 9.17) is 5.73 Å². The first-order chi connectivity index (χ1) is 5.70. The van der Waals surface area contributed by atoms with E-state index in [0.717, 1.165) is 0 Å². The fourth-order valence-corrected chi connectivity index (χ4v) is 0.893. The van der Waals surface area contributed by atoms with Gasteiger partial charge in [-0.15, -0.1) is 0 Å². The monoisotopic (exact) mass is 185 g/mol. The number of ketones is 1. The third-order valence-electron chi connectivity index (χ3n) is 1.42. The van der Waals surface area contributed by atoms with Gasteiger partial charge in [0.1, 0.15) is 0 Å². The third-order valence-corrected chi connectivity index (χ3v) is 1.42. The molecule has 1 rings (SSSR count). The van der Waals surface area contributed by atoms with Crippen molar-refractivity contribution in [1.82, 2.24) is 0 Å². The second-order valence-electron chi connectivity index (χ2n) is 2.62. The Morgan fingerprint density at radius 2 is 1.92 bits per heavy atom. The molecule has 0 saturated heterocycles. The Morgan fingerprint density at radius 1 is 1.38 bits per heavy atom. The van der Waals surface area contributed by atoms with Crippen molar-refractivity contribution in [1.29, 1.82) is 0 Å². The quantitative estimate of drug-likeness (QED) is 0.359. The van der Waals surface area contributed by atoms with Crippen molar-refractivity contribution >= 4 is 5.78 Å². The smallest absolute Gasteiger partial charge is 1.00 e. The van der Waals surface area contributed by atoms with E-state index in [9.17, 15) is 4.79 Å². The topological polar surface area (TPSA) is 43.1 Å². The minimum atomic E-state index is -0.0457. The van der Waals surface area contributed by atoms with Crippen molar-refractivity contribution in [3.8, 4) is 0 Å². The molecule has 0 heterocycles. The number of nitrogens with two attached hydrogens (primary N) is 1. The van der Waals surface area contributed by atoms with E-state index in [0.29, 0.717) is 11.3 Å². The molecule has 0 aromatic heterocycles. The molecule has 64 valence electrons. The molecule has 0 fully saturated rings. The molecule has 0 aliphatic rings. The van der Waals surface area contributed by atoms with Crippen LogP contribution in [0.5, 0.6) is 0 Å². The molecule has 0 unspecified atom stereocenters. The van der Waals surface area contributed by atoms with Gasteiger partial charge in [0.2, 0.25) is 0 Å². The maximum Gasteiger partial charge on any atom is 1.00 e. The van der Waals surface area contributed by atoms with E-state index in [2.05, 4.69) is 0 Å². The summed E-state index contributed by atoms with van der Waals surface area (Å²) in [7, 11) is 0. The van der Waals surface area contributed by atoms with Crippen LogP contribution in [0.4, 0.5) is 0 Å². The summed E-state index contributed by atoms with van der Waals surface area (Å²) in [5.74, 6) is -0.0457. The number of allylic oxidation sites excluding steroid dienone is 2. The van der Waals surface area contributed by atoms with Gasteiger partial charge in [0.15, 0.2) is 5.78 Å². The standard InChI is InChI=1S/C10H11NO.Na.H/c1-8(11)7-10(12)9-5-3-2-4-6-9;;/h2-7H,11H2,1H3;;/q;+1;-1. The molecule has 0 atom stereocenters. The Hall–Kier alpha value is -0.570. The van der Waals surface area contributed by atoms with Crippen molar-refractivity contribution in [2.75, 3.05) is 0 Å². The average molecular weight is 185 g/mol. The van der Waals surface area contributed by atoms with Crippen LogP contribution < -0.4 is 35.3 Å². The zero-order chi connectivity index (χ0) is 8.97. The summed E-state index contributed by atoms with van der Waals surface area (Å²) in [5.41, 5.74) is 6.57. The van der Waals surface area contributed by atoms with Gasteiger partial charge in [0.25, 0.3) is 0 Å². The van der Waals surface area contributed by atoms with Gasteiger partial charge in [-0.3, -0.25) is 4.79 Å². The van der Waals surface area contributed by atoms with Gasteiger partial charge in [-0.2, -0.15) is 0 Å². The maximum atomic E-state index is 11.3. The van der Waals surface area contributed by atoms with Crippen LogP contribution in [0.15, 0.2) is 42.1 Å². The van der Waals surface area contributed by atoms with Crippen LogP contribution in [0.3, 0.4) is 0 Å². The molecular formula is C10H12NNaO. The Bertz CT molecular complexity index is 307. The Kier molecular flexibility index (Phi) is 5.71. The molecule has 0 spiro atoms. The Labute approximate surface area is 102 Å². The molecule has 1 aromatic rings. The van der Waals surface area contributed by atoms with Gasteiger partial charge in [-0.25, -0.2) is 0 Å². The Morgan fingerprint density at radius 3 is 2.38 bits per heavy atom. The summed E-state index contributed by atoms with van der Waals surface area (Å²) in [6.45, 7) is 1.70. The molecule has 0 amide bonds. The van der Waals surface area contributed by atoms with Gasteiger partial charge in [-0.1, -0.05) is 30.3 Å². The van der Waals surface area contributed by atoms with E-state index in [1.165, 1.54) is 6.08 Å². The fraction of sp³-hybridized carbons (Fsp3) is 0.100. The number of carbonyl (C=O) groups excluding carboxylic acids is 1. The van der Waals surface area contributed by atoms with Crippen molar-refractivity contribution < 1.29 is 35.8 Å². The third kappa shape index (κ3) is 4.27. The summed E-state index contributed by atoms with van der Waals surface area (Å²) in [6, 6.07) is 9.05. The largest absolute Gasteiger partial charge is 1.00 e. The molecule has 0 bridgehead atoms. The summed E-state index contributed by atoms with van der Waals surface area (Å²) >= 11 is 0. The summed E-state index contributed by atoms with van der Waals surface area (Å²) in [4.78, 5) is 11.3. The second kappa shape index (κ2) is 5.97. The summed E-state index contributed by atoms with van der Waals surface area (Å²) in [6.07, 6.45) is 1.43. The zero-order valence-electron chi connectivity index (χ0n) is 8.95. The van der Waals surface area contributed by atoms with Crippen LogP contribution in [0.1, 0.15) is 18.7 Å². The molecule has 13 heavy (non-hydrogen) atoms. The van der Waals surface area contributed by atoms with Gasteiger partial charge in [-0.05, 0) is 6.92 Å². The molecule has 2 N–H and O–H groups in total. The first-order valence-electron chi connectivity index (χ1n) is 3.73. The molecular weight excluding hydrogens is 173 g/mol. The normalized spacial score (nSPS) is 10.4. The molecule has 1 aromatic carbocycles. The summed E-state index contributed by atoms with van der Waals surface area (Å²) in [5, 5.41) is 0. The number of hydrogen-bond donors (Lipinski definition) is 1. The molecule has 0 radical (unpaired) electrons. The van der Waals surface area contributed by atoms with E-state index in [-0.39, 0.29) is 36.8 Å². The number of hydrogen-bond acceptors (Lipinski definition) is 2. The minimum Gasteiger partial charge on any atom is -1.00 e. The number of rotatable bonds is 2. The van der Waals surface area contributed by atoms with Crippen molar-refractivity contribution in [3.63, 3.8) is 0 Å². The van der Waals surface area contributed by atoms with Gasteiger partial charge in [0, 0.05) is 17.3 Å².